The molecule has 1 aromatic rings. The summed E-state index contributed by atoms with van der Waals surface area (Å²) < 4.78 is 0. The number of hydrogen-bond acceptors (Lipinski definition) is 4. The minimum absolute atomic E-state index is 0.198. The zero-order valence-electron chi connectivity index (χ0n) is 11.1. The fourth-order valence-corrected chi connectivity index (χ4v) is 1.40. The highest BCUT2D eigenvalue weighted by Gasteiger charge is 2.18. The number of urea groups is 1. The summed E-state index contributed by atoms with van der Waals surface area (Å²) >= 11 is 0. The molecule has 1 rings (SSSR count). The summed E-state index contributed by atoms with van der Waals surface area (Å²) in [6, 6.07) is 8.52. The van der Waals surface area contributed by atoms with E-state index in [2.05, 4.69) is 10.6 Å². The van der Waals surface area contributed by atoms with Gasteiger partial charge in [0.2, 0.25) is 6.29 Å². The highest BCUT2D eigenvalue weighted by atomic mass is 16.2. The fourth-order valence-electron chi connectivity index (χ4n) is 1.40. The van der Waals surface area contributed by atoms with Crippen molar-refractivity contribution in [3.63, 3.8) is 0 Å². The van der Waals surface area contributed by atoms with Crippen LogP contribution in [-0.2, 0) is 9.59 Å². The van der Waals surface area contributed by atoms with Gasteiger partial charge in [-0.15, -0.1) is 0 Å². The normalized spacial score (nSPS) is 10.2. The van der Waals surface area contributed by atoms with Crippen molar-refractivity contribution in [2.24, 2.45) is 0 Å². The number of hydrogen-bond donors (Lipinski definition) is 2. The predicted molar refractivity (Wildman–Crippen MR) is 75.3 cm³/mol. The number of carbonyl (C=O) groups excluding carboxylic acids is 3. The summed E-state index contributed by atoms with van der Waals surface area (Å²) in [5.74, 6) is -0.578. The fraction of sp³-hybridized carbons (Fsp3) is 0.214. The number of amides is 3. The quantitative estimate of drug-likeness (QED) is 0.585. The van der Waals surface area contributed by atoms with Crippen molar-refractivity contribution < 1.29 is 14.4 Å². The van der Waals surface area contributed by atoms with Crippen LogP contribution in [0, 0.1) is 0 Å². The molecule has 0 heterocycles. The number of nitrogens with zero attached hydrogens (tertiary/aromatic N) is 1. The summed E-state index contributed by atoms with van der Waals surface area (Å²) in [7, 11) is 1.65. The molecule has 2 N–H and O–H groups in total. The van der Waals surface area contributed by atoms with Gasteiger partial charge in [-0.1, -0.05) is 30.3 Å². The van der Waals surface area contributed by atoms with E-state index in [0.717, 1.165) is 10.5 Å². The third-order valence-electron chi connectivity index (χ3n) is 2.37. The van der Waals surface area contributed by atoms with E-state index in [1.165, 1.54) is 6.08 Å². The van der Waals surface area contributed by atoms with E-state index < -0.39 is 18.5 Å². The highest BCUT2D eigenvalue weighted by molar-refractivity contribution is 6.03. The summed E-state index contributed by atoms with van der Waals surface area (Å²) in [6.07, 6.45) is 4.36. The minimum atomic E-state index is -0.648. The van der Waals surface area contributed by atoms with E-state index in [4.69, 9.17) is 0 Å². The Morgan fingerprint density at radius 1 is 1.30 bits per heavy atom. The summed E-state index contributed by atoms with van der Waals surface area (Å²) in [5, 5.41) is 5.14. The van der Waals surface area contributed by atoms with Gasteiger partial charge >= 0.3 is 6.03 Å². The van der Waals surface area contributed by atoms with Gasteiger partial charge < -0.3 is 10.6 Å². The van der Waals surface area contributed by atoms with Crippen LogP contribution in [0.3, 0.4) is 0 Å². The number of carbonyl (C=O) groups is 2. The molecule has 1 aromatic carbocycles. The van der Waals surface area contributed by atoms with Gasteiger partial charge in [0.05, 0.1) is 13.2 Å². The maximum Gasteiger partial charge on any atom is 0.325 e. The Labute approximate surface area is 117 Å². The number of benzene rings is 1. The van der Waals surface area contributed by atoms with Gasteiger partial charge in [-0.05, 0) is 18.7 Å². The van der Waals surface area contributed by atoms with E-state index in [1.54, 1.807) is 19.4 Å². The van der Waals surface area contributed by atoms with Gasteiger partial charge in [-0.2, -0.15) is 0 Å². The standard InChI is InChI=1S/C14H16N3O3/c1-15-11-16-14(20)17(9-10-18)13(19)8-7-12-5-3-2-4-6-12/h2-8,15H,9,11H2,1H3,(H,16,20)/b8-7+. The van der Waals surface area contributed by atoms with Crippen LogP contribution in [-0.4, -0.2) is 43.4 Å². The SMILES string of the molecule is CNCNC(=O)N(C[C]=O)C(=O)/C=C/c1ccccc1. The van der Waals surface area contributed by atoms with Gasteiger partial charge in [-0.25, -0.2) is 4.79 Å². The second-order valence-electron chi connectivity index (χ2n) is 3.82. The zero-order valence-corrected chi connectivity index (χ0v) is 11.1. The van der Waals surface area contributed by atoms with Gasteiger partial charge in [0.15, 0.2) is 0 Å². The topological polar surface area (TPSA) is 78.5 Å². The first-order valence-corrected chi connectivity index (χ1v) is 6.01. The van der Waals surface area contributed by atoms with Crippen molar-refractivity contribution in [1.29, 1.82) is 0 Å². The minimum Gasteiger partial charge on any atom is -0.325 e. The average molecular weight is 274 g/mol. The van der Waals surface area contributed by atoms with Crippen LogP contribution in [0.5, 0.6) is 0 Å². The maximum absolute atomic E-state index is 11.9. The lowest BCUT2D eigenvalue weighted by molar-refractivity contribution is -0.122. The van der Waals surface area contributed by atoms with Crippen LogP contribution in [0.1, 0.15) is 5.56 Å². The average Bonchev–Trinajstić information content (AvgIpc) is 2.49. The number of imide groups is 1. The first-order valence-electron chi connectivity index (χ1n) is 6.01. The van der Waals surface area contributed by atoms with Crippen LogP contribution < -0.4 is 10.6 Å². The largest absolute Gasteiger partial charge is 0.325 e. The lowest BCUT2D eigenvalue weighted by atomic mass is 10.2. The maximum atomic E-state index is 11.9. The molecule has 0 unspecified atom stereocenters. The molecule has 0 atom stereocenters. The second-order valence-corrected chi connectivity index (χ2v) is 3.82. The molecule has 0 aromatic heterocycles. The molecule has 0 bridgehead atoms. The van der Waals surface area contributed by atoms with E-state index in [-0.39, 0.29) is 6.67 Å². The summed E-state index contributed by atoms with van der Waals surface area (Å²) in [5.41, 5.74) is 0.825. The molecule has 0 fully saturated rings. The van der Waals surface area contributed by atoms with E-state index in [1.807, 2.05) is 30.3 Å². The van der Waals surface area contributed by atoms with E-state index in [9.17, 15) is 14.4 Å². The second kappa shape index (κ2) is 8.60. The molecular weight excluding hydrogens is 258 g/mol. The highest BCUT2D eigenvalue weighted by Crippen LogP contribution is 2.02. The van der Waals surface area contributed by atoms with E-state index >= 15 is 0 Å². The number of nitrogens with one attached hydrogen (secondary N) is 2. The molecule has 105 valence electrons. The molecule has 6 heteroatoms. The van der Waals surface area contributed by atoms with Gasteiger partial charge in [0.1, 0.15) is 0 Å². The molecule has 0 spiro atoms. The van der Waals surface area contributed by atoms with Crippen molar-refractivity contribution in [2.45, 2.75) is 0 Å². The third kappa shape index (κ3) is 5.03. The molecule has 20 heavy (non-hydrogen) atoms. The first-order chi connectivity index (χ1) is 9.69. The predicted octanol–water partition coefficient (Wildman–Crippen LogP) is 0.525. The van der Waals surface area contributed by atoms with Crippen molar-refractivity contribution in [3.05, 3.63) is 42.0 Å². The Balaban J connectivity index is 2.71. The van der Waals surface area contributed by atoms with E-state index in [0.29, 0.717) is 0 Å². The Morgan fingerprint density at radius 2 is 2.00 bits per heavy atom. The monoisotopic (exact) mass is 274 g/mol. The van der Waals surface area contributed by atoms with Crippen LogP contribution >= 0.6 is 0 Å². The molecule has 0 saturated heterocycles. The molecule has 0 saturated carbocycles. The smallest absolute Gasteiger partial charge is 0.325 e. The molecule has 0 aliphatic carbocycles. The lowest BCUT2D eigenvalue weighted by Gasteiger charge is -2.16. The molecule has 0 aliphatic rings. The van der Waals surface area contributed by atoms with Crippen molar-refractivity contribution >= 4 is 24.3 Å². The lowest BCUT2D eigenvalue weighted by Crippen LogP contribution is -2.46. The summed E-state index contributed by atoms with van der Waals surface area (Å²) in [6.45, 7) is -0.211. The Hall–Kier alpha value is -2.47. The van der Waals surface area contributed by atoms with Crippen molar-refractivity contribution in [2.75, 3.05) is 20.3 Å². The van der Waals surface area contributed by atoms with Gasteiger partial charge in [0.25, 0.3) is 5.91 Å². The molecule has 0 aliphatic heterocycles. The third-order valence-corrected chi connectivity index (χ3v) is 2.37. The van der Waals surface area contributed by atoms with Gasteiger partial charge in [0, 0.05) is 6.08 Å². The molecular formula is C14H16N3O3. The Morgan fingerprint density at radius 3 is 2.60 bits per heavy atom. The van der Waals surface area contributed by atoms with Crippen molar-refractivity contribution in [1.82, 2.24) is 15.5 Å². The van der Waals surface area contributed by atoms with Gasteiger partial charge in [-0.3, -0.25) is 14.5 Å². The molecule has 6 nitrogen and oxygen atoms in total. The van der Waals surface area contributed by atoms with Crippen molar-refractivity contribution in [3.8, 4) is 0 Å². The Bertz CT molecular complexity index is 486. The first kappa shape index (κ1) is 15.6. The number of rotatable bonds is 6. The van der Waals surface area contributed by atoms with Crippen LogP contribution in [0.2, 0.25) is 0 Å². The van der Waals surface area contributed by atoms with Crippen LogP contribution in [0.25, 0.3) is 6.08 Å². The summed E-state index contributed by atoms with van der Waals surface area (Å²) in [4.78, 5) is 34.8. The van der Waals surface area contributed by atoms with Crippen LogP contribution in [0.4, 0.5) is 4.79 Å². The molecule has 1 radical (unpaired) electrons. The zero-order chi connectivity index (χ0) is 14.8. The van der Waals surface area contributed by atoms with Crippen LogP contribution in [0.15, 0.2) is 36.4 Å². The molecule has 3 amide bonds. The Kier molecular flexibility index (Phi) is 6.70.